The summed E-state index contributed by atoms with van der Waals surface area (Å²) in [6, 6.07) is 6.14. The minimum Gasteiger partial charge on any atom is -0.481 e. The SMILES string of the molecule is Cc1nc(=O)n(Cc2ccccc2F)c(C)c1CC(=O)O. The van der Waals surface area contributed by atoms with Crippen molar-refractivity contribution < 1.29 is 14.3 Å². The van der Waals surface area contributed by atoms with E-state index >= 15 is 0 Å². The zero-order valence-corrected chi connectivity index (χ0v) is 11.8. The first kappa shape index (κ1) is 14.9. The van der Waals surface area contributed by atoms with Crippen LogP contribution >= 0.6 is 0 Å². The molecule has 6 heteroatoms. The van der Waals surface area contributed by atoms with E-state index in [4.69, 9.17) is 5.11 Å². The van der Waals surface area contributed by atoms with E-state index in [1.807, 2.05) is 0 Å². The lowest BCUT2D eigenvalue weighted by Gasteiger charge is -2.14. The molecular formula is C15H15FN2O3. The van der Waals surface area contributed by atoms with E-state index in [-0.39, 0.29) is 13.0 Å². The highest BCUT2D eigenvalue weighted by atomic mass is 19.1. The van der Waals surface area contributed by atoms with Crippen LogP contribution in [-0.4, -0.2) is 20.6 Å². The van der Waals surface area contributed by atoms with Crippen molar-refractivity contribution in [2.75, 3.05) is 0 Å². The molecule has 2 rings (SSSR count). The third kappa shape index (κ3) is 3.16. The van der Waals surface area contributed by atoms with Gasteiger partial charge in [0.05, 0.1) is 13.0 Å². The van der Waals surface area contributed by atoms with Gasteiger partial charge in [-0.2, -0.15) is 4.98 Å². The molecule has 0 atom stereocenters. The Morgan fingerprint density at radius 3 is 2.62 bits per heavy atom. The van der Waals surface area contributed by atoms with E-state index in [1.165, 1.54) is 10.6 Å². The molecule has 21 heavy (non-hydrogen) atoms. The maximum atomic E-state index is 13.7. The van der Waals surface area contributed by atoms with Crippen LogP contribution in [0.5, 0.6) is 0 Å². The third-order valence-corrected chi connectivity index (χ3v) is 3.39. The van der Waals surface area contributed by atoms with Crippen LogP contribution < -0.4 is 5.69 Å². The van der Waals surface area contributed by atoms with Crippen molar-refractivity contribution in [3.8, 4) is 0 Å². The van der Waals surface area contributed by atoms with Gasteiger partial charge in [-0.05, 0) is 19.9 Å². The van der Waals surface area contributed by atoms with Gasteiger partial charge in [-0.15, -0.1) is 0 Å². The van der Waals surface area contributed by atoms with Crippen LogP contribution in [0, 0.1) is 19.7 Å². The fourth-order valence-electron chi connectivity index (χ4n) is 2.23. The van der Waals surface area contributed by atoms with E-state index in [2.05, 4.69) is 4.98 Å². The molecule has 2 aromatic rings. The van der Waals surface area contributed by atoms with E-state index in [9.17, 15) is 14.0 Å². The molecule has 1 heterocycles. The van der Waals surface area contributed by atoms with Crippen molar-refractivity contribution in [2.24, 2.45) is 0 Å². The van der Waals surface area contributed by atoms with Gasteiger partial charge in [0.25, 0.3) is 0 Å². The highest BCUT2D eigenvalue weighted by Crippen LogP contribution is 2.13. The maximum Gasteiger partial charge on any atom is 0.348 e. The second-order valence-electron chi connectivity index (χ2n) is 4.79. The molecule has 1 aromatic heterocycles. The number of carboxylic acids is 1. The molecule has 5 nitrogen and oxygen atoms in total. The molecular weight excluding hydrogens is 275 g/mol. The van der Waals surface area contributed by atoms with Gasteiger partial charge in [0.1, 0.15) is 5.82 Å². The topological polar surface area (TPSA) is 72.2 Å². The van der Waals surface area contributed by atoms with Gasteiger partial charge in [-0.3, -0.25) is 9.36 Å². The summed E-state index contributed by atoms with van der Waals surface area (Å²) < 4.78 is 15.0. The van der Waals surface area contributed by atoms with E-state index in [0.29, 0.717) is 22.5 Å². The Labute approximate surface area is 120 Å². The number of hydrogen-bond donors (Lipinski definition) is 1. The van der Waals surface area contributed by atoms with Crippen LogP contribution in [0.3, 0.4) is 0 Å². The molecule has 0 unspecified atom stereocenters. The molecule has 0 saturated carbocycles. The predicted octanol–water partition coefficient (Wildman–Crippen LogP) is 1.67. The van der Waals surface area contributed by atoms with Crippen LogP contribution in [0.4, 0.5) is 4.39 Å². The minimum absolute atomic E-state index is 0.0250. The normalized spacial score (nSPS) is 10.6. The fourth-order valence-corrected chi connectivity index (χ4v) is 2.23. The van der Waals surface area contributed by atoms with Crippen molar-refractivity contribution in [1.29, 1.82) is 0 Å². The summed E-state index contributed by atoms with van der Waals surface area (Å²) in [6.45, 7) is 3.27. The summed E-state index contributed by atoms with van der Waals surface area (Å²) in [6.07, 6.45) is -0.220. The quantitative estimate of drug-likeness (QED) is 0.929. The number of hydrogen-bond acceptors (Lipinski definition) is 3. The van der Waals surface area contributed by atoms with E-state index in [1.54, 1.807) is 32.0 Å². The zero-order chi connectivity index (χ0) is 15.6. The van der Waals surface area contributed by atoms with Gasteiger partial charge in [0.2, 0.25) is 0 Å². The summed E-state index contributed by atoms with van der Waals surface area (Å²) in [7, 11) is 0. The molecule has 0 amide bonds. The van der Waals surface area contributed by atoms with Gasteiger partial charge in [0, 0.05) is 22.5 Å². The number of nitrogens with zero attached hydrogens (tertiary/aromatic N) is 2. The Morgan fingerprint density at radius 1 is 1.33 bits per heavy atom. The third-order valence-electron chi connectivity index (χ3n) is 3.39. The molecule has 0 aliphatic carbocycles. The fraction of sp³-hybridized carbons (Fsp3) is 0.267. The first-order chi connectivity index (χ1) is 9.90. The molecule has 1 aromatic carbocycles. The van der Waals surface area contributed by atoms with Crippen molar-refractivity contribution in [3.05, 3.63) is 63.1 Å². The average molecular weight is 290 g/mol. The van der Waals surface area contributed by atoms with Crippen molar-refractivity contribution >= 4 is 5.97 Å². The Kier molecular flexibility index (Phi) is 4.16. The van der Waals surface area contributed by atoms with Crippen LogP contribution in [0.25, 0.3) is 0 Å². The number of carboxylic acid groups (broad SMARTS) is 1. The number of benzene rings is 1. The van der Waals surface area contributed by atoms with E-state index < -0.39 is 17.5 Å². The minimum atomic E-state index is -1.00. The Bertz CT molecular complexity index is 753. The molecule has 0 spiro atoms. The molecule has 0 radical (unpaired) electrons. The van der Waals surface area contributed by atoms with Crippen molar-refractivity contribution in [1.82, 2.24) is 9.55 Å². The van der Waals surface area contributed by atoms with Gasteiger partial charge in [-0.25, -0.2) is 9.18 Å². The highest BCUT2D eigenvalue weighted by Gasteiger charge is 2.15. The molecule has 110 valence electrons. The number of halogens is 1. The Balaban J connectivity index is 2.51. The second kappa shape index (κ2) is 5.87. The van der Waals surface area contributed by atoms with Crippen LogP contribution in [0.15, 0.2) is 29.1 Å². The van der Waals surface area contributed by atoms with Crippen molar-refractivity contribution in [2.45, 2.75) is 26.8 Å². The largest absolute Gasteiger partial charge is 0.481 e. The lowest BCUT2D eigenvalue weighted by atomic mass is 10.1. The predicted molar refractivity (Wildman–Crippen MR) is 74.8 cm³/mol. The smallest absolute Gasteiger partial charge is 0.348 e. The average Bonchev–Trinajstić information content (AvgIpc) is 2.41. The van der Waals surface area contributed by atoms with Crippen LogP contribution in [0.2, 0.25) is 0 Å². The zero-order valence-electron chi connectivity index (χ0n) is 11.8. The lowest BCUT2D eigenvalue weighted by Crippen LogP contribution is -2.29. The monoisotopic (exact) mass is 290 g/mol. The molecule has 0 aliphatic heterocycles. The van der Waals surface area contributed by atoms with Gasteiger partial charge >= 0.3 is 11.7 Å². The van der Waals surface area contributed by atoms with Gasteiger partial charge < -0.3 is 5.11 Å². The molecule has 1 N–H and O–H groups in total. The summed E-state index contributed by atoms with van der Waals surface area (Å²) in [5.74, 6) is -1.41. The number of aromatic nitrogens is 2. The summed E-state index contributed by atoms with van der Waals surface area (Å²) in [5.41, 5.74) is 1.22. The first-order valence-corrected chi connectivity index (χ1v) is 6.42. The first-order valence-electron chi connectivity index (χ1n) is 6.42. The molecule has 0 aliphatic rings. The Hall–Kier alpha value is -2.50. The number of rotatable bonds is 4. The van der Waals surface area contributed by atoms with Crippen LogP contribution in [0.1, 0.15) is 22.5 Å². The molecule has 0 fully saturated rings. The summed E-state index contributed by atoms with van der Waals surface area (Å²) in [4.78, 5) is 26.7. The maximum absolute atomic E-state index is 13.7. The lowest BCUT2D eigenvalue weighted by molar-refractivity contribution is -0.136. The molecule has 0 bridgehead atoms. The van der Waals surface area contributed by atoms with Crippen molar-refractivity contribution in [3.63, 3.8) is 0 Å². The van der Waals surface area contributed by atoms with E-state index in [0.717, 1.165) is 0 Å². The van der Waals surface area contributed by atoms with Crippen LogP contribution in [-0.2, 0) is 17.8 Å². The number of carbonyl (C=O) groups is 1. The summed E-state index contributed by atoms with van der Waals surface area (Å²) >= 11 is 0. The standard InChI is InChI=1S/C15H15FN2O3/c1-9-12(7-14(19)20)10(2)18(15(21)17-9)8-11-5-3-4-6-13(11)16/h3-6H,7-8H2,1-2H3,(H,19,20). The second-order valence-corrected chi connectivity index (χ2v) is 4.79. The number of aliphatic carboxylic acids is 1. The summed E-state index contributed by atoms with van der Waals surface area (Å²) in [5, 5.41) is 8.93. The highest BCUT2D eigenvalue weighted by molar-refractivity contribution is 5.70. The van der Waals surface area contributed by atoms with Gasteiger partial charge in [-0.1, -0.05) is 18.2 Å². The Morgan fingerprint density at radius 2 is 2.00 bits per heavy atom. The number of aryl methyl sites for hydroxylation is 1. The molecule has 0 saturated heterocycles. The van der Waals surface area contributed by atoms with Gasteiger partial charge in [0.15, 0.2) is 0 Å².